The number of aliphatic hydroxyl groups is 3. The van der Waals surface area contributed by atoms with Crippen molar-refractivity contribution in [2.45, 2.75) is 57.3 Å². The maximum Gasteiger partial charge on any atom is 0.335 e. The first-order valence-electron chi connectivity index (χ1n) is 6.52. The molecule has 0 bridgehead atoms. The van der Waals surface area contributed by atoms with Crippen molar-refractivity contribution in [1.29, 1.82) is 0 Å². The van der Waals surface area contributed by atoms with Gasteiger partial charge in [0.25, 0.3) is 0 Å². The Kier molecular flexibility index (Phi) is 5.88. The van der Waals surface area contributed by atoms with Gasteiger partial charge in [-0.05, 0) is 6.42 Å². The van der Waals surface area contributed by atoms with Gasteiger partial charge in [0.1, 0.15) is 18.3 Å². The molecule has 0 aromatic heterocycles. The molecule has 20 heavy (non-hydrogen) atoms. The zero-order valence-electron chi connectivity index (χ0n) is 11.4. The molecule has 1 amide bonds. The van der Waals surface area contributed by atoms with E-state index >= 15 is 0 Å². The summed E-state index contributed by atoms with van der Waals surface area (Å²) < 4.78 is 4.95. The van der Waals surface area contributed by atoms with Crippen LogP contribution in [0.2, 0.25) is 0 Å². The lowest BCUT2D eigenvalue weighted by Gasteiger charge is -2.39. The van der Waals surface area contributed by atoms with Gasteiger partial charge in [0.05, 0.1) is 0 Å². The maximum absolute atomic E-state index is 11.8. The zero-order chi connectivity index (χ0) is 15.4. The number of carbonyl (C=O) groups is 2. The van der Waals surface area contributed by atoms with Gasteiger partial charge in [0, 0.05) is 5.92 Å². The smallest absolute Gasteiger partial charge is 0.335 e. The highest BCUT2D eigenvalue weighted by Gasteiger charge is 2.47. The van der Waals surface area contributed by atoms with Crippen molar-refractivity contribution in [3.8, 4) is 0 Å². The molecule has 1 fully saturated rings. The van der Waals surface area contributed by atoms with Gasteiger partial charge in [0.15, 0.2) is 12.3 Å². The minimum Gasteiger partial charge on any atom is -0.479 e. The van der Waals surface area contributed by atoms with E-state index in [-0.39, 0.29) is 5.92 Å². The van der Waals surface area contributed by atoms with Crippen molar-refractivity contribution >= 4 is 11.9 Å². The van der Waals surface area contributed by atoms with E-state index < -0.39 is 42.5 Å². The monoisotopic (exact) mass is 291 g/mol. The Morgan fingerprint density at radius 1 is 1.20 bits per heavy atom. The summed E-state index contributed by atoms with van der Waals surface area (Å²) in [5.41, 5.74) is 0. The molecule has 1 saturated heterocycles. The molecule has 0 radical (unpaired) electrons. The van der Waals surface area contributed by atoms with Gasteiger partial charge in [-0.3, -0.25) is 4.79 Å². The van der Waals surface area contributed by atoms with Crippen molar-refractivity contribution < 1.29 is 34.8 Å². The zero-order valence-corrected chi connectivity index (χ0v) is 11.4. The molecule has 8 nitrogen and oxygen atoms in total. The summed E-state index contributed by atoms with van der Waals surface area (Å²) in [5, 5.41) is 40.0. The lowest BCUT2D eigenvalue weighted by molar-refractivity contribution is -0.233. The summed E-state index contributed by atoms with van der Waals surface area (Å²) in [4.78, 5) is 22.7. The molecule has 0 aromatic carbocycles. The third-order valence-electron chi connectivity index (χ3n) is 3.31. The van der Waals surface area contributed by atoms with Crippen molar-refractivity contribution in [3.05, 3.63) is 0 Å². The third-order valence-corrected chi connectivity index (χ3v) is 3.31. The number of aliphatic hydroxyl groups excluding tert-OH is 3. The van der Waals surface area contributed by atoms with Gasteiger partial charge in [-0.25, -0.2) is 4.79 Å². The Bertz CT molecular complexity index is 362. The molecule has 5 N–H and O–H groups in total. The van der Waals surface area contributed by atoms with Crippen LogP contribution in [0.3, 0.4) is 0 Å². The molecule has 0 saturated carbocycles. The molecular formula is C12H21NO7. The van der Waals surface area contributed by atoms with Crippen molar-refractivity contribution in [1.82, 2.24) is 5.32 Å². The molecule has 1 rings (SSSR count). The standard InChI is InChI=1S/C12H21NO7/c1-3-4-5(2)10(17)13-11-8(16)6(14)7(15)9(20-11)12(18)19/h5-9,11,14-16H,3-4H2,1-2H3,(H,13,17)(H,18,19)/t5?,6?,7-,8?,9?,11+/m0/s1. The highest BCUT2D eigenvalue weighted by molar-refractivity contribution is 5.78. The highest BCUT2D eigenvalue weighted by atomic mass is 16.6. The van der Waals surface area contributed by atoms with Crippen LogP contribution in [0.15, 0.2) is 0 Å². The van der Waals surface area contributed by atoms with E-state index in [2.05, 4.69) is 5.32 Å². The van der Waals surface area contributed by atoms with Crippen LogP contribution in [0.5, 0.6) is 0 Å². The second kappa shape index (κ2) is 6.98. The number of amides is 1. The van der Waals surface area contributed by atoms with Crippen molar-refractivity contribution in [2.24, 2.45) is 5.92 Å². The number of aliphatic carboxylic acids is 1. The van der Waals surface area contributed by atoms with Gasteiger partial charge < -0.3 is 30.5 Å². The minimum absolute atomic E-state index is 0.330. The quantitative estimate of drug-likeness (QED) is 0.413. The Morgan fingerprint density at radius 3 is 2.30 bits per heavy atom. The van der Waals surface area contributed by atoms with Gasteiger partial charge >= 0.3 is 5.97 Å². The summed E-state index contributed by atoms with van der Waals surface area (Å²) in [6, 6.07) is 0. The van der Waals surface area contributed by atoms with E-state index in [4.69, 9.17) is 9.84 Å². The number of carboxylic acids is 1. The van der Waals surface area contributed by atoms with Crippen LogP contribution in [0.4, 0.5) is 0 Å². The molecule has 1 heterocycles. The number of rotatable bonds is 5. The summed E-state index contributed by atoms with van der Waals surface area (Å²) >= 11 is 0. The molecule has 116 valence electrons. The summed E-state index contributed by atoms with van der Waals surface area (Å²) in [5.74, 6) is -2.23. The summed E-state index contributed by atoms with van der Waals surface area (Å²) in [6.45, 7) is 3.60. The van der Waals surface area contributed by atoms with Crippen LogP contribution < -0.4 is 5.32 Å². The first-order valence-corrected chi connectivity index (χ1v) is 6.52. The number of nitrogens with one attached hydrogen (secondary N) is 1. The normalized spacial score (nSPS) is 35.4. The van der Waals surface area contributed by atoms with Crippen LogP contribution in [-0.4, -0.2) is 62.9 Å². The van der Waals surface area contributed by atoms with Gasteiger partial charge in [-0.15, -0.1) is 0 Å². The Hall–Kier alpha value is -1.22. The molecule has 0 aromatic rings. The molecular weight excluding hydrogens is 270 g/mol. The number of hydrogen-bond acceptors (Lipinski definition) is 6. The lowest BCUT2D eigenvalue weighted by Crippen LogP contribution is -2.64. The fraction of sp³-hybridized carbons (Fsp3) is 0.833. The average molecular weight is 291 g/mol. The van der Waals surface area contributed by atoms with Gasteiger partial charge in [-0.1, -0.05) is 20.3 Å². The van der Waals surface area contributed by atoms with E-state index in [9.17, 15) is 24.9 Å². The third kappa shape index (κ3) is 3.66. The Morgan fingerprint density at radius 2 is 1.80 bits per heavy atom. The predicted octanol–water partition coefficient (Wildman–Crippen LogP) is -1.57. The molecule has 6 atom stereocenters. The molecule has 1 aliphatic heterocycles. The number of hydrogen-bond donors (Lipinski definition) is 5. The van der Waals surface area contributed by atoms with Gasteiger partial charge in [-0.2, -0.15) is 0 Å². The number of ether oxygens (including phenoxy) is 1. The molecule has 8 heteroatoms. The van der Waals surface area contributed by atoms with E-state index in [0.29, 0.717) is 6.42 Å². The topological polar surface area (TPSA) is 136 Å². The summed E-state index contributed by atoms with van der Waals surface area (Å²) in [7, 11) is 0. The van der Waals surface area contributed by atoms with Crippen LogP contribution in [0, 0.1) is 5.92 Å². The van der Waals surface area contributed by atoms with Crippen LogP contribution in [-0.2, 0) is 14.3 Å². The average Bonchev–Trinajstić information content (AvgIpc) is 2.39. The molecule has 4 unspecified atom stereocenters. The van der Waals surface area contributed by atoms with Crippen molar-refractivity contribution in [3.63, 3.8) is 0 Å². The largest absolute Gasteiger partial charge is 0.479 e. The Labute approximate surface area is 116 Å². The maximum atomic E-state index is 11.8. The van der Waals surface area contributed by atoms with E-state index in [1.165, 1.54) is 0 Å². The summed E-state index contributed by atoms with van der Waals surface area (Å²) in [6.07, 6.45) is -6.73. The second-order valence-corrected chi connectivity index (χ2v) is 4.99. The SMILES string of the molecule is CCCC(C)C(=O)N[C@@H]1OC(C(=O)O)[C@@H](O)C(O)C1O. The van der Waals surface area contributed by atoms with Crippen LogP contribution in [0.25, 0.3) is 0 Å². The van der Waals surface area contributed by atoms with Crippen molar-refractivity contribution in [2.75, 3.05) is 0 Å². The van der Waals surface area contributed by atoms with Crippen LogP contribution in [0.1, 0.15) is 26.7 Å². The molecule has 0 aliphatic carbocycles. The fourth-order valence-corrected chi connectivity index (χ4v) is 2.05. The van der Waals surface area contributed by atoms with E-state index in [1.54, 1.807) is 6.92 Å². The minimum atomic E-state index is -1.76. The van der Waals surface area contributed by atoms with Gasteiger partial charge in [0.2, 0.25) is 5.91 Å². The number of carboxylic acid groups (broad SMARTS) is 1. The van der Waals surface area contributed by atoms with Crippen LogP contribution >= 0.6 is 0 Å². The predicted molar refractivity (Wildman–Crippen MR) is 66.5 cm³/mol. The second-order valence-electron chi connectivity index (χ2n) is 4.99. The first kappa shape index (κ1) is 16.8. The lowest BCUT2D eigenvalue weighted by atomic mass is 9.97. The first-order chi connectivity index (χ1) is 9.29. The molecule has 0 spiro atoms. The Balaban J connectivity index is 2.73. The highest BCUT2D eigenvalue weighted by Crippen LogP contribution is 2.20. The number of carbonyl (C=O) groups excluding carboxylic acids is 1. The van der Waals surface area contributed by atoms with E-state index in [1.807, 2.05) is 6.92 Å². The molecule has 1 aliphatic rings. The fourth-order valence-electron chi connectivity index (χ4n) is 2.05. The van der Waals surface area contributed by atoms with E-state index in [0.717, 1.165) is 6.42 Å².